The molecule has 2 aliphatic heterocycles. The number of nitrogens with one attached hydrogen (secondary N) is 1. The van der Waals surface area contributed by atoms with Crippen LogP contribution in [-0.2, 0) is 14.7 Å². The first-order valence-corrected chi connectivity index (χ1v) is 8.33. The monoisotopic (exact) mass is 349 g/mol. The summed E-state index contributed by atoms with van der Waals surface area (Å²) < 4.78 is 35.0. The topological polar surface area (TPSA) is 136 Å². The molecule has 2 atom stereocenters. The molecule has 1 aromatic rings. The zero-order chi connectivity index (χ0) is 16.1. The maximum atomic E-state index is 12.3. The minimum Gasteiger partial charge on any atom is -0.465 e. The van der Waals surface area contributed by atoms with Crippen molar-refractivity contribution < 1.29 is 31.9 Å². The molecule has 3 N–H and O–H groups in total. The van der Waals surface area contributed by atoms with Gasteiger partial charge in [-0.15, -0.1) is 15.6 Å². The molecule has 22 heavy (non-hydrogen) atoms. The molecular weight excluding hydrogens is 338 g/mol. The Bertz CT molecular complexity index is 731. The van der Waals surface area contributed by atoms with Crippen molar-refractivity contribution in [3.8, 4) is 0 Å². The molecular formula is C10H11N3O7S2. The van der Waals surface area contributed by atoms with E-state index in [1.807, 2.05) is 0 Å². The maximum Gasteiger partial charge on any atom is 0.418 e. The number of amides is 3. The molecule has 12 heteroatoms. The Morgan fingerprint density at radius 2 is 2.27 bits per heavy atom. The van der Waals surface area contributed by atoms with Gasteiger partial charge in [-0.3, -0.25) is 4.55 Å². The highest BCUT2D eigenvalue weighted by atomic mass is 32.3. The molecule has 0 radical (unpaired) electrons. The summed E-state index contributed by atoms with van der Waals surface area (Å²) in [4.78, 5) is 25.0. The number of carbonyl (C=O) groups excluding carboxylic acids is 1. The third kappa shape index (κ3) is 2.49. The average Bonchev–Trinajstić information content (AvgIpc) is 2.97. The zero-order valence-electron chi connectivity index (χ0n) is 10.9. The summed E-state index contributed by atoms with van der Waals surface area (Å²) in [5.74, 6) is 0. The molecule has 3 amide bonds. The fraction of sp³-hybridized carbons (Fsp3) is 0.400. The Hall–Kier alpha value is -1.89. The number of fused-ring (bicyclic) bond motifs is 4. The number of carbonyl (C=O) groups is 2. The Morgan fingerprint density at radius 1 is 1.55 bits per heavy atom. The van der Waals surface area contributed by atoms with Gasteiger partial charge in [-0.25, -0.2) is 9.59 Å². The van der Waals surface area contributed by atoms with Crippen molar-refractivity contribution in [2.24, 2.45) is 0 Å². The van der Waals surface area contributed by atoms with Crippen molar-refractivity contribution in [2.75, 3.05) is 13.1 Å². The van der Waals surface area contributed by atoms with Gasteiger partial charge in [0.25, 0.3) is 0 Å². The van der Waals surface area contributed by atoms with Gasteiger partial charge in [-0.2, -0.15) is 13.5 Å². The minimum absolute atomic E-state index is 0.0268. The second-order valence-corrected chi connectivity index (χ2v) is 6.67. The number of nitrogens with zero attached hydrogens (tertiary/aromatic N) is 2. The van der Waals surface area contributed by atoms with E-state index in [2.05, 4.69) is 9.60 Å². The first-order valence-electron chi connectivity index (χ1n) is 6.09. The normalized spacial score (nSPS) is 23.6. The Balaban J connectivity index is 1.94. The third-order valence-electron chi connectivity index (χ3n) is 3.47. The average molecular weight is 349 g/mol. The van der Waals surface area contributed by atoms with Gasteiger partial charge in [0.15, 0.2) is 0 Å². The van der Waals surface area contributed by atoms with Crippen LogP contribution in [0.5, 0.6) is 0 Å². The van der Waals surface area contributed by atoms with Gasteiger partial charge in [0.05, 0.1) is 12.6 Å². The van der Waals surface area contributed by atoms with Crippen LogP contribution in [0.4, 0.5) is 9.59 Å². The lowest BCUT2D eigenvalue weighted by atomic mass is 10.00. The minimum atomic E-state index is -4.84. The van der Waals surface area contributed by atoms with E-state index in [4.69, 9.17) is 9.66 Å². The first-order chi connectivity index (χ1) is 10.3. The Kier molecular flexibility index (Phi) is 3.47. The Labute approximate surface area is 128 Å². The lowest BCUT2D eigenvalue weighted by molar-refractivity contribution is -0.0316. The van der Waals surface area contributed by atoms with Crippen LogP contribution in [-0.4, -0.2) is 53.3 Å². The number of hydrogen-bond acceptors (Lipinski definition) is 6. The predicted octanol–water partition coefficient (Wildman–Crippen LogP) is 0.583. The maximum absolute atomic E-state index is 12.3. The molecule has 0 unspecified atom stereocenters. The van der Waals surface area contributed by atoms with Gasteiger partial charge in [-0.05, 0) is 17.0 Å². The van der Waals surface area contributed by atoms with Crippen molar-refractivity contribution >= 4 is 33.9 Å². The molecule has 1 saturated heterocycles. The molecule has 0 aliphatic carbocycles. The van der Waals surface area contributed by atoms with Gasteiger partial charge < -0.3 is 15.3 Å². The highest BCUT2D eigenvalue weighted by Crippen LogP contribution is 2.46. The SMILES string of the molecule is O=C(O)NC[C@@H]1c2sccc2[C@H]2CN1C(=O)N2OS(=O)(=O)O. The molecule has 10 nitrogen and oxygen atoms in total. The van der Waals surface area contributed by atoms with Gasteiger partial charge in [-0.1, -0.05) is 0 Å². The number of urea groups is 1. The molecule has 3 rings (SSSR count). The molecule has 3 heterocycles. The van der Waals surface area contributed by atoms with E-state index < -0.39 is 34.6 Å². The highest BCUT2D eigenvalue weighted by Gasteiger charge is 2.50. The zero-order valence-corrected chi connectivity index (χ0v) is 12.5. The van der Waals surface area contributed by atoms with E-state index in [0.29, 0.717) is 10.6 Å². The van der Waals surface area contributed by atoms with E-state index in [1.165, 1.54) is 16.2 Å². The molecule has 0 saturated carbocycles. The van der Waals surface area contributed by atoms with Gasteiger partial charge in [0.1, 0.15) is 6.04 Å². The summed E-state index contributed by atoms with van der Waals surface area (Å²) in [5.41, 5.74) is 0.674. The summed E-state index contributed by atoms with van der Waals surface area (Å²) in [6, 6.07) is -0.251. The van der Waals surface area contributed by atoms with Crippen LogP contribution in [0.15, 0.2) is 11.4 Å². The van der Waals surface area contributed by atoms with Crippen LogP contribution in [0.25, 0.3) is 0 Å². The van der Waals surface area contributed by atoms with Crippen molar-refractivity contribution in [3.63, 3.8) is 0 Å². The smallest absolute Gasteiger partial charge is 0.418 e. The molecule has 0 spiro atoms. The van der Waals surface area contributed by atoms with Crippen LogP contribution in [0.3, 0.4) is 0 Å². The third-order valence-corrected chi connectivity index (χ3v) is 4.86. The van der Waals surface area contributed by atoms with Gasteiger partial charge in [0.2, 0.25) is 0 Å². The van der Waals surface area contributed by atoms with Gasteiger partial charge in [0, 0.05) is 11.4 Å². The predicted molar refractivity (Wildman–Crippen MR) is 72.4 cm³/mol. The summed E-state index contributed by atoms with van der Waals surface area (Å²) in [6.45, 7) is 0.116. The second kappa shape index (κ2) is 5.08. The lowest BCUT2D eigenvalue weighted by Gasteiger charge is -2.30. The fourth-order valence-corrected chi connectivity index (χ4v) is 4.11. The summed E-state index contributed by atoms with van der Waals surface area (Å²) >= 11 is 1.33. The number of hydrogen-bond donors (Lipinski definition) is 3. The van der Waals surface area contributed by atoms with E-state index in [-0.39, 0.29) is 13.1 Å². The first kappa shape index (κ1) is 15.0. The summed E-state index contributed by atoms with van der Waals surface area (Å²) in [6.07, 6.45) is -1.22. The number of carboxylic acid groups (broad SMARTS) is 1. The second-order valence-electron chi connectivity index (χ2n) is 4.72. The Morgan fingerprint density at radius 3 is 2.91 bits per heavy atom. The highest BCUT2D eigenvalue weighted by molar-refractivity contribution is 7.80. The van der Waals surface area contributed by atoms with Crippen LogP contribution in [0, 0.1) is 0 Å². The molecule has 1 aromatic heterocycles. The van der Waals surface area contributed by atoms with Crippen LogP contribution < -0.4 is 5.32 Å². The van der Waals surface area contributed by atoms with Crippen LogP contribution in [0.1, 0.15) is 22.5 Å². The standard InChI is InChI=1S/C10H11N3O7S2/c14-9(15)11-3-6-8-5(1-2-21-8)7-4-12(6)10(16)13(7)20-22(17,18)19/h1-2,6-7,11H,3-4H2,(H,14,15)(H,17,18,19)/t6-,7-/m1/s1. The van der Waals surface area contributed by atoms with E-state index in [9.17, 15) is 18.0 Å². The summed E-state index contributed by atoms with van der Waals surface area (Å²) in [5, 5.41) is 13.3. The lowest BCUT2D eigenvalue weighted by Crippen LogP contribution is -2.40. The fourth-order valence-electron chi connectivity index (χ4n) is 2.67. The van der Waals surface area contributed by atoms with Crippen molar-refractivity contribution in [3.05, 3.63) is 21.9 Å². The van der Waals surface area contributed by atoms with E-state index >= 15 is 0 Å². The van der Waals surface area contributed by atoms with Crippen LogP contribution >= 0.6 is 11.3 Å². The van der Waals surface area contributed by atoms with Crippen molar-refractivity contribution in [1.82, 2.24) is 15.3 Å². The molecule has 2 aliphatic rings. The number of hydroxylamine groups is 2. The quantitative estimate of drug-likeness (QED) is 0.676. The van der Waals surface area contributed by atoms with Gasteiger partial charge >= 0.3 is 22.5 Å². The number of rotatable bonds is 4. The van der Waals surface area contributed by atoms with E-state index in [1.54, 1.807) is 11.4 Å². The largest absolute Gasteiger partial charge is 0.465 e. The van der Waals surface area contributed by atoms with Crippen molar-refractivity contribution in [2.45, 2.75) is 12.1 Å². The number of thiophene rings is 1. The summed E-state index contributed by atoms with van der Waals surface area (Å²) in [7, 11) is -4.84. The van der Waals surface area contributed by atoms with Crippen LogP contribution in [0.2, 0.25) is 0 Å². The van der Waals surface area contributed by atoms with E-state index in [0.717, 1.165) is 4.88 Å². The molecule has 1 fully saturated rings. The molecule has 120 valence electrons. The molecule has 0 aromatic carbocycles. The van der Waals surface area contributed by atoms with Crippen molar-refractivity contribution in [1.29, 1.82) is 0 Å². The molecule has 2 bridgehead atoms.